The number of carbonyl (C=O) groups excluding carboxylic acids is 2. The van der Waals surface area contributed by atoms with Crippen molar-refractivity contribution in [3.63, 3.8) is 0 Å². The Hall–Kier alpha value is -3.66. The fourth-order valence-electron chi connectivity index (χ4n) is 3.41. The molecule has 0 aliphatic rings. The van der Waals surface area contributed by atoms with Crippen molar-refractivity contribution in [3.8, 4) is 0 Å². The third-order valence-corrected chi connectivity index (χ3v) is 6.41. The first kappa shape index (κ1) is 28.6. The lowest BCUT2D eigenvalue weighted by Crippen LogP contribution is -2.49. The molecule has 2 rings (SSSR count). The number of hydrogen-bond acceptors (Lipinski definition) is 9. The van der Waals surface area contributed by atoms with E-state index in [0.29, 0.717) is 10.1 Å². The van der Waals surface area contributed by atoms with Crippen LogP contribution in [-0.4, -0.2) is 61.4 Å². The average molecular weight is 524 g/mol. The molecule has 0 saturated heterocycles. The summed E-state index contributed by atoms with van der Waals surface area (Å²) in [7, 11) is -2.77. The van der Waals surface area contributed by atoms with E-state index >= 15 is 0 Å². The van der Waals surface area contributed by atoms with E-state index in [2.05, 4.69) is 14.7 Å². The molecule has 2 unspecified atom stereocenters. The third kappa shape index (κ3) is 8.53. The van der Waals surface area contributed by atoms with Gasteiger partial charge in [-0.25, -0.2) is 18.2 Å². The quantitative estimate of drug-likeness (QED) is 0.128. The van der Waals surface area contributed by atoms with Crippen LogP contribution in [0.4, 0.5) is 0 Å². The number of ether oxygens (including phenoxy) is 1. The molecule has 0 fully saturated rings. The summed E-state index contributed by atoms with van der Waals surface area (Å²) in [6.45, 7) is -1.15. The summed E-state index contributed by atoms with van der Waals surface area (Å²) in [5, 5.41) is 0. The molecule has 0 aliphatic heterocycles. The van der Waals surface area contributed by atoms with E-state index in [-0.39, 0.29) is 0 Å². The van der Waals surface area contributed by atoms with Gasteiger partial charge in [-0.2, -0.15) is 4.72 Å². The van der Waals surface area contributed by atoms with E-state index in [0.717, 1.165) is 12.3 Å². The van der Waals surface area contributed by atoms with Gasteiger partial charge in [0.25, 0.3) is 5.56 Å². The van der Waals surface area contributed by atoms with Crippen LogP contribution < -0.4 is 33.2 Å². The number of aliphatic imine (C=N–C) groups is 1. The predicted molar refractivity (Wildman–Crippen MR) is 131 cm³/mol. The number of ketones is 2. The van der Waals surface area contributed by atoms with E-state index in [1.165, 1.54) is 7.11 Å². The number of nitrogens with two attached hydrogens (primary N) is 3. The Bertz CT molecular complexity index is 1270. The van der Waals surface area contributed by atoms with Crippen LogP contribution in [0.25, 0.3) is 0 Å². The van der Waals surface area contributed by atoms with Gasteiger partial charge in [0.1, 0.15) is 12.8 Å². The van der Waals surface area contributed by atoms with Crippen molar-refractivity contribution in [3.05, 3.63) is 69.0 Å². The van der Waals surface area contributed by atoms with Crippen molar-refractivity contribution < 1.29 is 22.7 Å². The number of hydrogen-bond donors (Lipinski definition) is 5. The number of nitrogens with zero attached hydrogens (tertiary/aromatic N) is 2. The fraction of sp³-hybridized carbons (Fsp3) is 0.381. The molecule has 1 heterocycles. The van der Waals surface area contributed by atoms with Crippen molar-refractivity contribution in [2.75, 3.05) is 13.7 Å². The molecule has 14 nitrogen and oxygen atoms in total. The van der Waals surface area contributed by atoms with Gasteiger partial charge in [0, 0.05) is 25.3 Å². The van der Waals surface area contributed by atoms with Crippen molar-refractivity contribution in [1.82, 2.24) is 14.3 Å². The van der Waals surface area contributed by atoms with Gasteiger partial charge in [0.2, 0.25) is 10.0 Å². The molecule has 196 valence electrons. The zero-order valence-electron chi connectivity index (χ0n) is 19.5. The molecule has 8 N–H and O–H groups in total. The Morgan fingerprint density at radius 2 is 1.81 bits per heavy atom. The van der Waals surface area contributed by atoms with Gasteiger partial charge in [-0.05, 0) is 12.0 Å². The van der Waals surface area contributed by atoms with Crippen LogP contribution in [0.5, 0.6) is 0 Å². The standard InChI is InChI=1S/C21H29N7O7S/c1-35-11-16(30)19(22)14(15(29)10-28-18(31)7-8-25-21(28)32)9-17(26-20(23)24)27-36(33,34)12-13-5-3-2-4-6-13/h2-8,14,17,19,27H,9-12,22H2,1H3,(H,25,32)(H4,23,24,26)/t14?,17?,19-/m0/s1. The summed E-state index contributed by atoms with van der Waals surface area (Å²) in [6.07, 6.45) is -0.710. The zero-order valence-corrected chi connectivity index (χ0v) is 20.3. The number of sulfonamides is 1. The first-order chi connectivity index (χ1) is 16.9. The molecule has 1 aromatic heterocycles. The maximum absolute atomic E-state index is 13.2. The van der Waals surface area contributed by atoms with Crippen molar-refractivity contribution in [2.45, 2.75) is 30.9 Å². The number of carbonyl (C=O) groups is 2. The van der Waals surface area contributed by atoms with Crippen molar-refractivity contribution in [2.24, 2.45) is 28.1 Å². The molecule has 1 aromatic carbocycles. The lowest BCUT2D eigenvalue weighted by atomic mass is 9.88. The number of aromatic amines is 1. The molecule has 0 bridgehead atoms. The van der Waals surface area contributed by atoms with Crippen LogP contribution in [0.3, 0.4) is 0 Å². The van der Waals surface area contributed by atoms with Crippen LogP contribution in [0.2, 0.25) is 0 Å². The largest absolute Gasteiger partial charge is 0.377 e. The Kier molecular flexibility index (Phi) is 10.2. The minimum absolute atomic E-state index is 0.410. The Morgan fingerprint density at radius 1 is 1.14 bits per heavy atom. The highest BCUT2D eigenvalue weighted by Crippen LogP contribution is 2.17. The van der Waals surface area contributed by atoms with Crippen LogP contribution >= 0.6 is 0 Å². The second-order valence-electron chi connectivity index (χ2n) is 7.87. The Morgan fingerprint density at radius 3 is 2.39 bits per heavy atom. The van der Waals surface area contributed by atoms with E-state index < -0.39 is 82.2 Å². The summed E-state index contributed by atoms with van der Waals surface area (Å²) >= 11 is 0. The number of benzene rings is 1. The average Bonchev–Trinajstić information content (AvgIpc) is 2.79. The monoisotopic (exact) mass is 523 g/mol. The SMILES string of the molecule is COCC(=O)[C@@H](N)C(CC(N=C(N)N)NS(=O)(=O)Cc1ccccc1)C(=O)Cn1c(=O)cc[nH]c1=O. The Labute approximate surface area is 206 Å². The Balaban J connectivity index is 2.37. The minimum atomic E-state index is -4.02. The summed E-state index contributed by atoms with van der Waals surface area (Å²) in [6, 6.07) is 7.85. The molecule has 0 aliphatic carbocycles. The van der Waals surface area contributed by atoms with Gasteiger partial charge < -0.3 is 26.9 Å². The summed E-state index contributed by atoms with van der Waals surface area (Å²) in [4.78, 5) is 55.8. The molecule has 36 heavy (non-hydrogen) atoms. The van der Waals surface area contributed by atoms with Gasteiger partial charge in [0.05, 0.1) is 18.3 Å². The van der Waals surface area contributed by atoms with Gasteiger partial charge >= 0.3 is 5.69 Å². The number of H-pyrrole nitrogens is 1. The van der Waals surface area contributed by atoms with Gasteiger partial charge in [-0.1, -0.05) is 30.3 Å². The fourth-order valence-corrected chi connectivity index (χ4v) is 4.68. The molecule has 0 spiro atoms. The van der Waals surface area contributed by atoms with Gasteiger partial charge in [0.15, 0.2) is 17.5 Å². The smallest absolute Gasteiger partial charge is 0.328 e. The second kappa shape index (κ2) is 12.9. The first-order valence-electron chi connectivity index (χ1n) is 10.6. The highest BCUT2D eigenvalue weighted by molar-refractivity contribution is 7.88. The van der Waals surface area contributed by atoms with E-state index in [1.807, 2.05) is 0 Å². The molecule has 0 amide bonds. The van der Waals surface area contributed by atoms with Crippen LogP contribution in [0.1, 0.15) is 12.0 Å². The second-order valence-corrected chi connectivity index (χ2v) is 9.63. The summed E-state index contributed by atoms with van der Waals surface area (Å²) < 4.78 is 33.3. The topological polar surface area (TPSA) is 235 Å². The van der Waals surface area contributed by atoms with Crippen LogP contribution in [0.15, 0.2) is 57.2 Å². The zero-order chi connectivity index (χ0) is 26.9. The summed E-state index contributed by atoms with van der Waals surface area (Å²) in [5.41, 5.74) is 15.8. The van der Waals surface area contributed by atoms with Gasteiger partial charge in [-0.15, -0.1) is 0 Å². The summed E-state index contributed by atoms with van der Waals surface area (Å²) in [5.74, 6) is -3.73. The first-order valence-corrected chi connectivity index (χ1v) is 12.3. The normalized spacial score (nSPS) is 13.9. The molecular weight excluding hydrogens is 494 g/mol. The molecule has 15 heteroatoms. The number of rotatable bonds is 14. The maximum atomic E-state index is 13.2. The number of nitrogens with one attached hydrogen (secondary N) is 2. The van der Waals surface area contributed by atoms with Crippen molar-refractivity contribution >= 4 is 27.5 Å². The highest BCUT2D eigenvalue weighted by atomic mass is 32.2. The lowest BCUT2D eigenvalue weighted by molar-refractivity contribution is -0.132. The maximum Gasteiger partial charge on any atom is 0.328 e. The molecule has 0 radical (unpaired) electrons. The van der Waals surface area contributed by atoms with E-state index in [1.54, 1.807) is 30.3 Å². The molecular formula is C21H29N7O7S. The van der Waals surface area contributed by atoms with Crippen LogP contribution in [0, 0.1) is 5.92 Å². The lowest BCUT2D eigenvalue weighted by Gasteiger charge is -2.25. The predicted octanol–water partition coefficient (Wildman–Crippen LogP) is -2.63. The van der Waals surface area contributed by atoms with Crippen molar-refractivity contribution in [1.29, 1.82) is 0 Å². The molecule has 3 atom stereocenters. The van der Waals surface area contributed by atoms with E-state index in [9.17, 15) is 27.6 Å². The molecule has 0 saturated carbocycles. The number of methoxy groups -OCH3 is 1. The number of guanidine groups is 1. The van der Waals surface area contributed by atoms with Gasteiger partial charge in [-0.3, -0.25) is 19.0 Å². The number of aromatic nitrogens is 2. The minimum Gasteiger partial charge on any atom is -0.377 e. The highest BCUT2D eigenvalue weighted by Gasteiger charge is 2.34. The number of Topliss-reactive ketones (excluding diaryl/α,β-unsaturated/α-hetero) is 2. The van der Waals surface area contributed by atoms with Crippen LogP contribution in [-0.2, 0) is 36.6 Å². The molecule has 2 aromatic rings. The third-order valence-electron chi connectivity index (χ3n) is 5.06. The van der Waals surface area contributed by atoms with E-state index in [4.69, 9.17) is 21.9 Å².